The number of piperidine rings is 1. The fourth-order valence-electron chi connectivity index (χ4n) is 3.54. The molecule has 0 spiro atoms. The number of nitrogen functional groups attached to an aromatic ring is 2. The van der Waals surface area contributed by atoms with Crippen molar-refractivity contribution in [1.29, 1.82) is 0 Å². The summed E-state index contributed by atoms with van der Waals surface area (Å²) in [6.07, 6.45) is 6.93. The number of anilines is 4. The van der Waals surface area contributed by atoms with Crippen LogP contribution in [0, 0.1) is 0 Å². The maximum atomic E-state index is 13.0. The lowest BCUT2D eigenvalue weighted by molar-refractivity contribution is 0.102. The molecule has 30 heavy (non-hydrogen) atoms. The van der Waals surface area contributed by atoms with Gasteiger partial charge in [-0.1, -0.05) is 0 Å². The van der Waals surface area contributed by atoms with E-state index in [0.717, 1.165) is 37.2 Å². The molecule has 1 aliphatic rings. The lowest BCUT2D eigenvalue weighted by Crippen LogP contribution is -2.43. The van der Waals surface area contributed by atoms with Crippen LogP contribution in [-0.4, -0.2) is 40.0 Å². The summed E-state index contributed by atoms with van der Waals surface area (Å²) in [6, 6.07) is 8.85. The van der Waals surface area contributed by atoms with Crippen molar-refractivity contribution < 1.29 is 4.79 Å². The molecule has 3 aromatic rings. The Bertz CT molecular complexity index is 1050. The highest BCUT2D eigenvalue weighted by molar-refractivity contribution is 6.07. The highest BCUT2D eigenvalue weighted by Crippen LogP contribution is 2.28. The van der Waals surface area contributed by atoms with Crippen molar-refractivity contribution in [2.75, 3.05) is 34.8 Å². The SMILES string of the molecule is Nc1ccc(-c2ccc(N)c(C(=O)Nc3cnccc3N3CCC[C@H](N)C3)n2)cn1. The van der Waals surface area contributed by atoms with Gasteiger partial charge in [-0.05, 0) is 43.2 Å². The van der Waals surface area contributed by atoms with Crippen molar-refractivity contribution in [3.05, 3.63) is 54.6 Å². The Balaban J connectivity index is 1.60. The predicted octanol–water partition coefficient (Wildman–Crippen LogP) is 1.88. The van der Waals surface area contributed by atoms with E-state index >= 15 is 0 Å². The van der Waals surface area contributed by atoms with Crippen LogP contribution in [0.4, 0.5) is 22.9 Å². The first kappa shape index (κ1) is 19.6. The fourth-order valence-corrected chi connectivity index (χ4v) is 3.54. The second-order valence-corrected chi connectivity index (χ2v) is 7.30. The highest BCUT2D eigenvalue weighted by Gasteiger charge is 2.21. The van der Waals surface area contributed by atoms with Gasteiger partial charge in [0.15, 0.2) is 5.69 Å². The molecule has 9 heteroatoms. The van der Waals surface area contributed by atoms with E-state index in [2.05, 4.69) is 25.2 Å². The van der Waals surface area contributed by atoms with Crippen LogP contribution in [0.2, 0.25) is 0 Å². The number of nitrogens with two attached hydrogens (primary N) is 3. The van der Waals surface area contributed by atoms with Gasteiger partial charge in [-0.15, -0.1) is 0 Å². The normalized spacial score (nSPS) is 16.3. The fraction of sp³-hybridized carbons (Fsp3) is 0.238. The molecule has 0 radical (unpaired) electrons. The summed E-state index contributed by atoms with van der Waals surface area (Å²) < 4.78 is 0. The van der Waals surface area contributed by atoms with Crippen LogP contribution in [0.25, 0.3) is 11.3 Å². The Kier molecular flexibility index (Phi) is 5.44. The molecule has 0 aliphatic carbocycles. The molecule has 4 heterocycles. The minimum Gasteiger partial charge on any atom is -0.397 e. The quantitative estimate of drug-likeness (QED) is 0.515. The molecule has 1 aliphatic heterocycles. The molecule has 9 nitrogen and oxygen atoms in total. The molecular weight excluding hydrogens is 380 g/mol. The third-order valence-corrected chi connectivity index (χ3v) is 5.07. The van der Waals surface area contributed by atoms with E-state index in [9.17, 15) is 4.79 Å². The number of carbonyl (C=O) groups is 1. The topological polar surface area (TPSA) is 149 Å². The molecule has 1 saturated heterocycles. The summed E-state index contributed by atoms with van der Waals surface area (Å²) in [5.74, 6) is 0.00186. The molecule has 0 unspecified atom stereocenters. The summed E-state index contributed by atoms with van der Waals surface area (Å²) in [6.45, 7) is 1.60. The smallest absolute Gasteiger partial charge is 0.276 e. The summed E-state index contributed by atoms with van der Waals surface area (Å²) in [5, 5.41) is 2.91. The molecule has 1 atom stereocenters. The third-order valence-electron chi connectivity index (χ3n) is 5.07. The molecule has 4 rings (SSSR count). The lowest BCUT2D eigenvalue weighted by Gasteiger charge is -2.33. The van der Waals surface area contributed by atoms with Gasteiger partial charge < -0.3 is 27.4 Å². The van der Waals surface area contributed by atoms with Gasteiger partial charge in [0, 0.05) is 37.1 Å². The Labute approximate surface area is 174 Å². The molecule has 0 bridgehead atoms. The molecule has 1 fully saturated rings. The number of pyridine rings is 3. The van der Waals surface area contributed by atoms with E-state index in [4.69, 9.17) is 17.2 Å². The number of hydrogen-bond acceptors (Lipinski definition) is 8. The van der Waals surface area contributed by atoms with Crippen molar-refractivity contribution in [3.8, 4) is 11.3 Å². The molecule has 7 N–H and O–H groups in total. The standard InChI is InChI=1S/C21H24N8O/c22-14-2-1-9-29(12-14)18-7-8-25-11-17(18)28-21(30)20-15(23)4-5-16(27-20)13-3-6-19(24)26-10-13/h3-8,10-11,14H,1-2,9,12,22-23H2,(H2,24,26)(H,28,30)/t14-/m0/s1. The molecule has 0 saturated carbocycles. The van der Waals surface area contributed by atoms with Crippen LogP contribution < -0.4 is 27.4 Å². The van der Waals surface area contributed by atoms with E-state index in [1.807, 2.05) is 6.07 Å². The van der Waals surface area contributed by atoms with Crippen LogP contribution in [0.5, 0.6) is 0 Å². The summed E-state index contributed by atoms with van der Waals surface area (Å²) in [7, 11) is 0. The number of carbonyl (C=O) groups excluding carboxylic acids is 1. The number of amides is 1. The number of nitrogens with one attached hydrogen (secondary N) is 1. The van der Waals surface area contributed by atoms with Crippen LogP contribution in [0.3, 0.4) is 0 Å². The van der Waals surface area contributed by atoms with E-state index in [-0.39, 0.29) is 17.4 Å². The average Bonchev–Trinajstić information content (AvgIpc) is 2.75. The van der Waals surface area contributed by atoms with E-state index < -0.39 is 5.91 Å². The van der Waals surface area contributed by atoms with E-state index in [0.29, 0.717) is 17.2 Å². The summed E-state index contributed by atoms with van der Waals surface area (Å²) >= 11 is 0. The lowest BCUT2D eigenvalue weighted by atomic mass is 10.1. The second kappa shape index (κ2) is 8.34. The second-order valence-electron chi connectivity index (χ2n) is 7.30. The molecule has 154 valence electrons. The number of aromatic nitrogens is 3. The monoisotopic (exact) mass is 404 g/mol. The van der Waals surface area contributed by atoms with Gasteiger partial charge in [0.05, 0.1) is 29.0 Å². The van der Waals surface area contributed by atoms with Crippen LogP contribution in [-0.2, 0) is 0 Å². The largest absolute Gasteiger partial charge is 0.397 e. The van der Waals surface area contributed by atoms with Crippen molar-refractivity contribution in [2.24, 2.45) is 5.73 Å². The van der Waals surface area contributed by atoms with Gasteiger partial charge in [-0.25, -0.2) is 9.97 Å². The molecule has 3 aromatic heterocycles. The van der Waals surface area contributed by atoms with Gasteiger partial charge >= 0.3 is 0 Å². The van der Waals surface area contributed by atoms with Gasteiger partial charge in [0.25, 0.3) is 5.91 Å². The molecule has 0 aromatic carbocycles. The van der Waals surface area contributed by atoms with Gasteiger partial charge in [0.1, 0.15) is 5.82 Å². The van der Waals surface area contributed by atoms with E-state index in [1.54, 1.807) is 42.9 Å². The van der Waals surface area contributed by atoms with Crippen molar-refractivity contribution in [3.63, 3.8) is 0 Å². The Morgan fingerprint density at radius 3 is 2.77 bits per heavy atom. The zero-order valence-corrected chi connectivity index (χ0v) is 16.5. The number of nitrogens with zero attached hydrogens (tertiary/aromatic N) is 4. The Morgan fingerprint density at radius 1 is 1.13 bits per heavy atom. The maximum Gasteiger partial charge on any atom is 0.276 e. The average molecular weight is 404 g/mol. The summed E-state index contributed by atoms with van der Waals surface area (Å²) in [4.78, 5) is 27.9. The van der Waals surface area contributed by atoms with Crippen LogP contribution in [0.15, 0.2) is 48.9 Å². The van der Waals surface area contributed by atoms with Crippen molar-refractivity contribution >= 4 is 28.8 Å². The van der Waals surface area contributed by atoms with Crippen LogP contribution >= 0.6 is 0 Å². The van der Waals surface area contributed by atoms with Crippen molar-refractivity contribution in [2.45, 2.75) is 18.9 Å². The summed E-state index contributed by atoms with van der Waals surface area (Å²) in [5.41, 5.74) is 21.0. The zero-order valence-electron chi connectivity index (χ0n) is 16.5. The van der Waals surface area contributed by atoms with Gasteiger partial charge in [-0.3, -0.25) is 9.78 Å². The highest BCUT2D eigenvalue weighted by atomic mass is 16.1. The van der Waals surface area contributed by atoms with Gasteiger partial charge in [0.2, 0.25) is 0 Å². The van der Waals surface area contributed by atoms with E-state index in [1.165, 1.54) is 0 Å². The molecular formula is C21H24N8O. The number of hydrogen-bond donors (Lipinski definition) is 4. The Hall–Kier alpha value is -3.72. The number of rotatable bonds is 4. The minimum atomic E-state index is -0.409. The predicted molar refractivity (Wildman–Crippen MR) is 118 cm³/mol. The third kappa shape index (κ3) is 4.15. The first-order valence-electron chi connectivity index (χ1n) is 9.75. The van der Waals surface area contributed by atoms with Gasteiger partial charge in [-0.2, -0.15) is 0 Å². The van der Waals surface area contributed by atoms with Crippen molar-refractivity contribution in [1.82, 2.24) is 15.0 Å². The van der Waals surface area contributed by atoms with Crippen LogP contribution in [0.1, 0.15) is 23.3 Å². The Morgan fingerprint density at radius 2 is 2.00 bits per heavy atom. The maximum absolute atomic E-state index is 13.0. The first-order chi connectivity index (χ1) is 14.5. The zero-order chi connectivity index (χ0) is 21.1. The minimum absolute atomic E-state index is 0.109. The first-order valence-corrected chi connectivity index (χ1v) is 9.75. The molecule has 1 amide bonds.